The maximum Gasteiger partial charge on any atom is 0.0491 e. The molecule has 0 aliphatic rings. The quantitative estimate of drug-likeness (QED) is 0.242. The lowest BCUT2D eigenvalue weighted by Crippen LogP contribution is -1.91. The molecule has 5 rings (SSSR count). The minimum absolute atomic E-state index is 0.795. The fourth-order valence-electron chi connectivity index (χ4n) is 4.19. The van der Waals surface area contributed by atoms with Crippen molar-refractivity contribution in [3.63, 3.8) is 0 Å². The maximum absolute atomic E-state index is 6.71. The van der Waals surface area contributed by atoms with E-state index in [4.69, 9.17) is 23.2 Å². The minimum Gasteiger partial charge on any atom is -0.141 e. The Kier molecular flexibility index (Phi) is 4.95. The summed E-state index contributed by atoms with van der Waals surface area (Å²) in [5.41, 5.74) is 6.94. The Hall–Kier alpha value is -1.84. The van der Waals surface area contributed by atoms with Gasteiger partial charge in [-0.2, -0.15) is 0 Å². The van der Waals surface area contributed by atoms with E-state index in [-0.39, 0.29) is 0 Å². The number of benzene rings is 3. The van der Waals surface area contributed by atoms with Gasteiger partial charge in [-0.15, -0.1) is 22.7 Å². The van der Waals surface area contributed by atoms with Crippen LogP contribution in [0.2, 0.25) is 10.0 Å². The second kappa shape index (κ2) is 7.39. The van der Waals surface area contributed by atoms with Crippen molar-refractivity contribution in [1.82, 2.24) is 0 Å². The predicted octanol–water partition coefficient (Wildman–Crippen LogP) is 9.99. The van der Waals surface area contributed by atoms with E-state index in [1.165, 1.54) is 52.2 Å². The number of rotatable bonds is 2. The van der Waals surface area contributed by atoms with Crippen molar-refractivity contribution in [3.8, 4) is 22.3 Å². The van der Waals surface area contributed by atoms with Crippen molar-refractivity contribution >= 4 is 66.0 Å². The van der Waals surface area contributed by atoms with E-state index in [0.717, 1.165) is 21.2 Å². The number of hydrogen-bond acceptors (Lipinski definition) is 2. The minimum atomic E-state index is 0.795. The van der Waals surface area contributed by atoms with Crippen molar-refractivity contribution in [3.05, 3.63) is 79.5 Å². The van der Waals surface area contributed by atoms with E-state index in [0.29, 0.717) is 0 Å². The first kappa shape index (κ1) is 20.1. The molecule has 0 N–H and O–H groups in total. The van der Waals surface area contributed by atoms with E-state index < -0.39 is 0 Å². The first-order valence-corrected chi connectivity index (χ1v) is 12.2. The van der Waals surface area contributed by atoms with Gasteiger partial charge in [-0.25, -0.2) is 0 Å². The molecule has 0 nitrogen and oxygen atoms in total. The van der Waals surface area contributed by atoms with Crippen molar-refractivity contribution in [1.29, 1.82) is 0 Å². The first-order valence-electron chi connectivity index (χ1n) is 9.81. The smallest absolute Gasteiger partial charge is 0.0491 e. The largest absolute Gasteiger partial charge is 0.141 e. The molecule has 2 aromatic heterocycles. The summed E-state index contributed by atoms with van der Waals surface area (Å²) in [6, 6.07) is 17.5. The fraction of sp³-hybridized carbons (Fsp3) is 0.154. The zero-order chi connectivity index (χ0) is 21.2. The predicted molar refractivity (Wildman–Crippen MR) is 137 cm³/mol. The van der Waals surface area contributed by atoms with Crippen LogP contribution in [-0.2, 0) is 0 Å². The van der Waals surface area contributed by atoms with Crippen molar-refractivity contribution in [2.24, 2.45) is 0 Å². The van der Waals surface area contributed by atoms with Gasteiger partial charge in [-0.05, 0) is 97.1 Å². The van der Waals surface area contributed by atoms with Gasteiger partial charge >= 0.3 is 0 Å². The summed E-state index contributed by atoms with van der Waals surface area (Å²) < 4.78 is 2.55. The Labute approximate surface area is 194 Å². The van der Waals surface area contributed by atoms with Crippen LogP contribution in [0.3, 0.4) is 0 Å². The fourth-order valence-corrected chi connectivity index (χ4v) is 6.63. The van der Waals surface area contributed by atoms with Crippen LogP contribution in [0.15, 0.2) is 48.5 Å². The molecule has 4 heteroatoms. The molecule has 0 saturated carbocycles. The van der Waals surface area contributed by atoms with E-state index in [2.05, 4.69) is 76.2 Å². The van der Waals surface area contributed by atoms with Gasteiger partial charge in [-0.1, -0.05) is 35.3 Å². The normalized spacial score (nSPS) is 11.7. The van der Waals surface area contributed by atoms with Crippen molar-refractivity contribution in [2.45, 2.75) is 27.7 Å². The Balaban J connectivity index is 1.68. The third-order valence-corrected chi connectivity index (χ3v) is 8.26. The zero-order valence-corrected chi connectivity index (χ0v) is 20.3. The molecule has 0 amide bonds. The van der Waals surface area contributed by atoms with Gasteiger partial charge < -0.3 is 0 Å². The molecule has 150 valence electrons. The van der Waals surface area contributed by atoms with Crippen LogP contribution < -0.4 is 0 Å². The number of hydrogen-bond donors (Lipinski definition) is 0. The third-order valence-electron chi connectivity index (χ3n) is 5.61. The second-order valence-electron chi connectivity index (χ2n) is 7.94. The highest BCUT2D eigenvalue weighted by molar-refractivity contribution is 7.19. The Morgan fingerprint density at radius 1 is 0.500 bits per heavy atom. The summed E-state index contributed by atoms with van der Waals surface area (Å²) in [7, 11) is 0. The lowest BCUT2D eigenvalue weighted by atomic mass is 9.91. The van der Waals surface area contributed by atoms with E-state index in [1.54, 1.807) is 0 Å². The molecular weight excluding hydrogens is 447 g/mol. The summed E-state index contributed by atoms with van der Waals surface area (Å²) >= 11 is 17.0. The first-order chi connectivity index (χ1) is 14.3. The van der Waals surface area contributed by atoms with Gasteiger partial charge in [-0.3, -0.25) is 0 Å². The van der Waals surface area contributed by atoms with Gasteiger partial charge in [0, 0.05) is 40.3 Å². The lowest BCUT2D eigenvalue weighted by Gasteiger charge is -2.15. The second-order valence-corrected chi connectivity index (χ2v) is 11.3. The molecule has 0 saturated heterocycles. The van der Waals surface area contributed by atoms with Gasteiger partial charge in [0.1, 0.15) is 0 Å². The van der Waals surface area contributed by atoms with Crippen LogP contribution in [0.1, 0.15) is 20.9 Å². The summed E-state index contributed by atoms with van der Waals surface area (Å²) in [6.45, 7) is 8.58. The number of fused-ring (bicyclic) bond motifs is 2. The Morgan fingerprint density at radius 3 is 1.30 bits per heavy atom. The summed E-state index contributed by atoms with van der Waals surface area (Å²) in [5.74, 6) is 0. The molecule has 0 fully saturated rings. The van der Waals surface area contributed by atoms with Crippen LogP contribution in [0.25, 0.3) is 42.4 Å². The summed E-state index contributed by atoms with van der Waals surface area (Å²) in [5, 5.41) is 4.01. The molecule has 3 aromatic carbocycles. The standard InChI is InChI=1S/C26H20Cl2S2/c1-13-5-20(22-12-26-18(10-24(22)28)8-16(4)30-26)14(2)6-19(13)21-11-25-17(9-23(21)27)7-15(3)29-25/h5-12H,1-4H3. The highest BCUT2D eigenvalue weighted by Crippen LogP contribution is 2.41. The van der Waals surface area contributed by atoms with E-state index in [1.807, 2.05) is 22.7 Å². The van der Waals surface area contributed by atoms with E-state index in [9.17, 15) is 0 Å². The SMILES string of the molecule is Cc1cc2cc(Cl)c(-c3cc(C)c(-c4cc5sc(C)cc5cc4Cl)cc3C)cc2s1. The molecule has 0 bridgehead atoms. The molecule has 0 aliphatic heterocycles. The average Bonchev–Trinajstić information content (AvgIpc) is 3.21. The van der Waals surface area contributed by atoms with Crippen molar-refractivity contribution < 1.29 is 0 Å². The molecular formula is C26H20Cl2S2. The van der Waals surface area contributed by atoms with Crippen LogP contribution >= 0.6 is 45.9 Å². The van der Waals surface area contributed by atoms with Gasteiger partial charge in [0.15, 0.2) is 0 Å². The third kappa shape index (κ3) is 3.36. The zero-order valence-electron chi connectivity index (χ0n) is 17.2. The number of thiophene rings is 2. The summed E-state index contributed by atoms with van der Waals surface area (Å²) in [4.78, 5) is 2.60. The molecule has 0 spiro atoms. The highest BCUT2D eigenvalue weighted by atomic mass is 35.5. The van der Waals surface area contributed by atoms with Crippen LogP contribution in [0.4, 0.5) is 0 Å². The van der Waals surface area contributed by atoms with E-state index >= 15 is 0 Å². The molecule has 2 heterocycles. The summed E-state index contributed by atoms with van der Waals surface area (Å²) in [6.07, 6.45) is 0. The van der Waals surface area contributed by atoms with Crippen LogP contribution in [-0.4, -0.2) is 0 Å². The van der Waals surface area contributed by atoms with Gasteiger partial charge in [0.25, 0.3) is 0 Å². The lowest BCUT2D eigenvalue weighted by molar-refractivity contribution is 1.39. The highest BCUT2D eigenvalue weighted by Gasteiger charge is 2.15. The molecule has 0 aliphatic carbocycles. The topological polar surface area (TPSA) is 0 Å². The van der Waals surface area contributed by atoms with Crippen molar-refractivity contribution in [2.75, 3.05) is 0 Å². The Bertz CT molecular complexity index is 1340. The van der Waals surface area contributed by atoms with Gasteiger partial charge in [0.2, 0.25) is 0 Å². The van der Waals surface area contributed by atoms with Crippen LogP contribution in [0.5, 0.6) is 0 Å². The Morgan fingerprint density at radius 2 is 0.900 bits per heavy atom. The maximum atomic E-state index is 6.71. The van der Waals surface area contributed by atoms with Gasteiger partial charge in [0.05, 0.1) is 0 Å². The molecule has 0 unspecified atom stereocenters. The molecule has 5 aromatic rings. The number of halogens is 2. The molecule has 0 radical (unpaired) electrons. The van der Waals surface area contributed by atoms with Crippen LogP contribution in [0, 0.1) is 27.7 Å². The number of aryl methyl sites for hydroxylation is 4. The molecule has 30 heavy (non-hydrogen) atoms. The monoisotopic (exact) mass is 466 g/mol. The average molecular weight is 467 g/mol. The molecule has 0 atom stereocenters.